The monoisotopic (exact) mass is 384 g/mol. The number of amides is 1. The minimum atomic E-state index is -0.838. The van der Waals surface area contributed by atoms with Gasteiger partial charge in [0.2, 0.25) is 5.91 Å². The van der Waals surface area contributed by atoms with Crippen LogP contribution in [0.2, 0.25) is 0 Å². The predicted molar refractivity (Wildman–Crippen MR) is 105 cm³/mol. The van der Waals surface area contributed by atoms with E-state index in [1.165, 1.54) is 12.1 Å². The number of nitrogens with zero attached hydrogens (tertiary/aromatic N) is 1. The van der Waals surface area contributed by atoms with E-state index in [1.54, 1.807) is 6.07 Å². The van der Waals surface area contributed by atoms with E-state index in [9.17, 15) is 14.0 Å². The highest BCUT2D eigenvalue weighted by molar-refractivity contribution is 5.92. The summed E-state index contributed by atoms with van der Waals surface area (Å²) in [6.07, 6.45) is 2.25. The molecule has 0 aromatic heterocycles. The SMILES string of the molecule is O=C(O)CCc1cccc(NC(=O)C2CCCN(Cc3cccc(F)c3)C2)c1. The van der Waals surface area contributed by atoms with Crippen LogP contribution in [-0.4, -0.2) is 35.0 Å². The second kappa shape index (κ2) is 9.46. The van der Waals surface area contributed by atoms with Crippen LogP contribution in [0, 0.1) is 11.7 Å². The highest BCUT2D eigenvalue weighted by atomic mass is 19.1. The van der Waals surface area contributed by atoms with Crippen LogP contribution in [0.1, 0.15) is 30.4 Å². The van der Waals surface area contributed by atoms with E-state index < -0.39 is 5.97 Å². The summed E-state index contributed by atoms with van der Waals surface area (Å²) in [7, 11) is 0. The first kappa shape index (κ1) is 20.0. The maximum absolute atomic E-state index is 13.4. The zero-order valence-corrected chi connectivity index (χ0v) is 15.7. The minimum Gasteiger partial charge on any atom is -0.481 e. The van der Waals surface area contributed by atoms with Crippen LogP contribution >= 0.6 is 0 Å². The highest BCUT2D eigenvalue weighted by Gasteiger charge is 2.26. The number of likely N-dealkylation sites (tertiary alicyclic amines) is 1. The van der Waals surface area contributed by atoms with Crippen LogP contribution in [0.15, 0.2) is 48.5 Å². The number of nitrogens with one attached hydrogen (secondary N) is 1. The topological polar surface area (TPSA) is 69.6 Å². The molecule has 5 nitrogen and oxygen atoms in total. The Morgan fingerprint density at radius 2 is 1.93 bits per heavy atom. The molecule has 1 aliphatic heterocycles. The van der Waals surface area contributed by atoms with Gasteiger partial charge in [-0.1, -0.05) is 24.3 Å². The second-order valence-electron chi connectivity index (χ2n) is 7.29. The molecule has 1 amide bonds. The first-order valence-electron chi connectivity index (χ1n) is 9.58. The standard InChI is InChI=1S/C22H25FN2O3/c23-19-7-1-5-17(12-19)14-25-11-3-6-18(15-25)22(28)24-20-8-2-4-16(13-20)9-10-21(26)27/h1-2,4-5,7-8,12-13,18H,3,6,9-11,14-15H2,(H,24,28)(H,26,27). The molecule has 0 saturated carbocycles. The van der Waals surface area contributed by atoms with Gasteiger partial charge in [-0.05, 0) is 61.2 Å². The van der Waals surface area contributed by atoms with E-state index >= 15 is 0 Å². The average Bonchev–Trinajstić information content (AvgIpc) is 2.67. The van der Waals surface area contributed by atoms with Crippen molar-refractivity contribution in [2.75, 3.05) is 18.4 Å². The first-order chi connectivity index (χ1) is 13.5. The fraction of sp³-hybridized carbons (Fsp3) is 0.364. The lowest BCUT2D eigenvalue weighted by Crippen LogP contribution is -2.40. The van der Waals surface area contributed by atoms with E-state index in [1.807, 2.05) is 30.3 Å². The van der Waals surface area contributed by atoms with Gasteiger partial charge >= 0.3 is 5.97 Å². The molecule has 2 N–H and O–H groups in total. The van der Waals surface area contributed by atoms with Crippen molar-refractivity contribution >= 4 is 17.6 Å². The van der Waals surface area contributed by atoms with E-state index in [4.69, 9.17) is 5.11 Å². The van der Waals surface area contributed by atoms with Crippen LogP contribution in [0.3, 0.4) is 0 Å². The maximum Gasteiger partial charge on any atom is 0.303 e. The Hall–Kier alpha value is -2.73. The molecule has 1 fully saturated rings. The van der Waals surface area contributed by atoms with Gasteiger partial charge in [0, 0.05) is 25.2 Å². The average molecular weight is 384 g/mol. The van der Waals surface area contributed by atoms with Crippen LogP contribution in [0.4, 0.5) is 10.1 Å². The van der Waals surface area contributed by atoms with Crippen molar-refractivity contribution in [3.63, 3.8) is 0 Å². The Kier molecular flexibility index (Phi) is 6.76. The number of carbonyl (C=O) groups excluding carboxylic acids is 1. The van der Waals surface area contributed by atoms with Gasteiger partial charge in [0.1, 0.15) is 5.82 Å². The van der Waals surface area contributed by atoms with Crippen molar-refractivity contribution in [2.45, 2.75) is 32.2 Å². The summed E-state index contributed by atoms with van der Waals surface area (Å²) in [5, 5.41) is 11.8. The zero-order valence-electron chi connectivity index (χ0n) is 15.7. The molecule has 148 valence electrons. The number of piperidine rings is 1. The van der Waals surface area contributed by atoms with E-state index in [0.717, 1.165) is 30.5 Å². The first-order valence-corrected chi connectivity index (χ1v) is 9.58. The number of anilines is 1. The summed E-state index contributed by atoms with van der Waals surface area (Å²) in [6, 6.07) is 13.9. The molecule has 2 aromatic carbocycles. The number of aliphatic carboxylic acids is 1. The van der Waals surface area contributed by atoms with Gasteiger partial charge in [-0.25, -0.2) is 4.39 Å². The highest BCUT2D eigenvalue weighted by Crippen LogP contribution is 2.21. The predicted octanol–water partition coefficient (Wildman–Crippen LogP) is 3.69. The third-order valence-corrected chi connectivity index (χ3v) is 4.99. The fourth-order valence-corrected chi connectivity index (χ4v) is 3.61. The molecule has 1 unspecified atom stereocenters. The lowest BCUT2D eigenvalue weighted by Gasteiger charge is -2.32. The van der Waals surface area contributed by atoms with Crippen molar-refractivity contribution in [3.05, 3.63) is 65.5 Å². The Labute approximate surface area is 164 Å². The van der Waals surface area contributed by atoms with E-state index in [2.05, 4.69) is 10.2 Å². The summed E-state index contributed by atoms with van der Waals surface area (Å²) in [5.41, 5.74) is 2.49. The summed E-state index contributed by atoms with van der Waals surface area (Å²) >= 11 is 0. The molecule has 1 aliphatic rings. The Morgan fingerprint density at radius 1 is 1.14 bits per heavy atom. The van der Waals surface area contributed by atoms with Crippen molar-refractivity contribution in [1.29, 1.82) is 0 Å². The van der Waals surface area contributed by atoms with Gasteiger partial charge < -0.3 is 10.4 Å². The van der Waals surface area contributed by atoms with Gasteiger partial charge in [0.15, 0.2) is 0 Å². The van der Waals surface area contributed by atoms with E-state index in [0.29, 0.717) is 25.2 Å². The Bertz CT molecular complexity index is 840. The second-order valence-corrected chi connectivity index (χ2v) is 7.29. The molecule has 1 atom stereocenters. The molecule has 1 heterocycles. The quantitative estimate of drug-likeness (QED) is 0.764. The normalized spacial score (nSPS) is 17.2. The zero-order chi connectivity index (χ0) is 19.9. The number of carboxylic acids is 1. The summed E-state index contributed by atoms with van der Waals surface area (Å²) in [4.78, 5) is 25.6. The number of carbonyl (C=O) groups is 2. The van der Waals surface area contributed by atoms with Gasteiger partial charge in [0.25, 0.3) is 0 Å². The molecule has 0 bridgehead atoms. The maximum atomic E-state index is 13.4. The van der Waals surface area contributed by atoms with Gasteiger partial charge in [0.05, 0.1) is 5.92 Å². The lowest BCUT2D eigenvalue weighted by molar-refractivity contribution is -0.137. The van der Waals surface area contributed by atoms with Crippen LogP contribution in [0.5, 0.6) is 0 Å². The molecule has 2 aromatic rings. The summed E-state index contributed by atoms with van der Waals surface area (Å²) in [6.45, 7) is 2.16. The molecule has 1 saturated heterocycles. The lowest BCUT2D eigenvalue weighted by atomic mass is 9.96. The molecule has 0 spiro atoms. The molecular weight excluding hydrogens is 359 g/mol. The molecule has 28 heavy (non-hydrogen) atoms. The number of rotatable bonds is 7. The molecule has 3 rings (SSSR count). The van der Waals surface area contributed by atoms with Crippen molar-refractivity contribution in [1.82, 2.24) is 4.90 Å². The third-order valence-electron chi connectivity index (χ3n) is 4.99. The van der Waals surface area contributed by atoms with E-state index in [-0.39, 0.29) is 24.1 Å². The summed E-state index contributed by atoms with van der Waals surface area (Å²) < 4.78 is 13.4. The van der Waals surface area contributed by atoms with Crippen molar-refractivity contribution < 1.29 is 19.1 Å². The Morgan fingerprint density at radius 3 is 2.71 bits per heavy atom. The van der Waals surface area contributed by atoms with Gasteiger partial charge in [-0.3, -0.25) is 14.5 Å². The smallest absolute Gasteiger partial charge is 0.303 e. The molecule has 0 radical (unpaired) electrons. The fourth-order valence-electron chi connectivity index (χ4n) is 3.61. The van der Waals surface area contributed by atoms with Gasteiger partial charge in [-0.2, -0.15) is 0 Å². The number of benzene rings is 2. The van der Waals surface area contributed by atoms with Crippen LogP contribution < -0.4 is 5.32 Å². The molecule has 0 aliphatic carbocycles. The van der Waals surface area contributed by atoms with Gasteiger partial charge in [-0.15, -0.1) is 0 Å². The number of halogens is 1. The Balaban J connectivity index is 1.56. The molecule has 6 heteroatoms. The largest absolute Gasteiger partial charge is 0.481 e. The third kappa shape index (κ3) is 5.89. The van der Waals surface area contributed by atoms with Crippen molar-refractivity contribution in [3.8, 4) is 0 Å². The number of hydrogen-bond donors (Lipinski definition) is 2. The number of hydrogen-bond acceptors (Lipinski definition) is 3. The van der Waals surface area contributed by atoms with Crippen LogP contribution in [0.25, 0.3) is 0 Å². The molecular formula is C22H25FN2O3. The van der Waals surface area contributed by atoms with Crippen molar-refractivity contribution in [2.24, 2.45) is 5.92 Å². The van der Waals surface area contributed by atoms with Crippen LogP contribution in [-0.2, 0) is 22.6 Å². The summed E-state index contributed by atoms with van der Waals surface area (Å²) in [5.74, 6) is -1.23. The number of aryl methyl sites for hydroxylation is 1. The minimum absolute atomic E-state index is 0.0284. The number of carboxylic acid groups (broad SMARTS) is 1.